The highest BCUT2D eigenvalue weighted by molar-refractivity contribution is 6.04. The van der Waals surface area contributed by atoms with Crippen LogP contribution in [0.3, 0.4) is 0 Å². The van der Waals surface area contributed by atoms with Crippen molar-refractivity contribution >= 4 is 17.5 Å². The van der Waals surface area contributed by atoms with E-state index in [0.717, 1.165) is 25.0 Å². The topological polar surface area (TPSA) is 76.7 Å². The van der Waals surface area contributed by atoms with Crippen molar-refractivity contribution in [2.45, 2.75) is 25.4 Å². The van der Waals surface area contributed by atoms with E-state index in [1.165, 1.54) is 5.56 Å². The van der Waals surface area contributed by atoms with Crippen molar-refractivity contribution in [1.29, 1.82) is 0 Å². The van der Waals surface area contributed by atoms with Gasteiger partial charge in [-0.3, -0.25) is 9.59 Å². The van der Waals surface area contributed by atoms with Crippen LogP contribution in [0.1, 0.15) is 34.3 Å². The third-order valence-corrected chi connectivity index (χ3v) is 5.53. The number of amides is 2. The molecule has 2 N–H and O–H groups in total. The quantitative estimate of drug-likeness (QED) is 0.519. The molecule has 170 valence electrons. The molecule has 0 saturated carbocycles. The number of carbonyl (C=O) groups is 2. The van der Waals surface area contributed by atoms with Crippen LogP contribution >= 0.6 is 0 Å². The first-order chi connectivity index (χ1) is 16.2. The van der Waals surface area contributed by atoms with Gasteiger partial charge in [0, 0.05) is 19.6 Å². The number of para-hydroxylation sites is 2. The SMILES string of the molecule is O=C(COc1ccccc1Cc1ccccc1)Nc1ccccc1C(=O)NC[C@@H]1CCCO1. The average Bonchev–Trinajstić information content (AvgIpc) is 3.37. The molecule has 1 fully saturated rings. The summed E-state index contributed by atoms with van der Waals surface area (Å²) in [7, 11) is 0. The number of rotatable bonds is 9. The number of hydrogen-bond donors (Lipinski definition) is 2. The summed E-state index contributed by atoms with van der Waals surface area (Å²) in [5.41, 5.74) is 3.04. The van der Waals surface area contributed by atoms with Gasteiger partial charge in [-0.15, -0.1) is 0 Å². The highest BCUT2D eigenvalue weighted by atomic mass is 16.5. The second kappa shape index (κ2) is 11.3. The molecule has 6 nitrogen and oxygen atoms in total. The third kappa shape index (κ3) is 6.43. The number of carbonyl (C=O) groups excluding carboxylic acids is 2. The Bertz CT molecular complexity index is 1080. The van der Waals surface area contributed by atoms with Crippen molar-refractivity contribution in [2.24, 2.45) is 0 Å². The van der Waals surface area contributed by atoms with Crippen LogP contribution in [-0.2, 0) is 16.0 Å². The maximum atomic E-state index is 12.7. The van der Waals surface area contributed by atoms with Crippen LogP contribution in [0, 0.1) is 0 Å². The second-order valence-electron chi connectivity index (χ2n) is 8.00. The molecule has 1 saturated heterocycles. The number of hydrogen-bond acceptors (Lipinski definition) is 4. The van der Waals surface area contributed by atoms with Gasteiger partial charge in [-0.05, 0) is 42.2 Å². The Morgan fingerprint density at radius 3 is 2.52 bits per heavy atom. The molecule has 4 rings (SSSR count). The molecule has 0 spiro atoms. The summed E-state index contributed by atoms with van der Waals surface area (Å²) >= 11 is 0. The predicted octanol–water partition coefficient (Wildman–Crippen LogP) is 4.20. The van der Waals surface area contributed by atoms with E-state index >= 15 is 0 Å². The van der Waals surface area contributed by atoms with E-state index in [2.05, 4.69) is 22.8 Å². The zero-order valence-electron chi connectivity index (χ0n) is 18.5. The smallest absolute Gasteiger partial charge is 0.262 e. The van der Waals surface area contributed by atoms with Gasteiger partial charge in [-0.25, -0.2) is 0 Å². The molecular formula is C27H28N2O4. The summed E-state index contributed by atoms with van der Waals surface area (Å²) in [5, 5.41) is 5.70. The molecule has 6 heteroatoms. The van der Waals surface area contributed by atoms with Crippen LogP contribution in [-0.4, -0.2) is 37.7 Å². The fourth-order valence-corrected chi connectivity index (χ4v) is 3.83. The van der Waals surface area contributed by atoms with Gasteiger partial charge in [0.1, 0.15) is 5.75 Å². The molecule has 0 aliphatic carbocycles. The zero-order chi connectivity index (χ0) is 22.9. The average molecular weight is 445 g/mol. The molecule has 1 aliphatic heterocycles. The first kappa shape index (κ1) is 22.6. The lowest BCUT2D eigenvalue weighted by Crippen LogP contribution is -2.32. The number of nitrogens with one attached hydrogen (secondary N) is 2. The summed E-state index contributed by atoms with van der Waals surface area (Å²) in [6.45, 7) is 1.04. The Kier molecular flexibility index (Phi) is 7.72. The minimum absolute atomic E-state index is 0.0556. The van der Waals surface area contributed by atoms with Crippen LogP contribution in [0.4, 0.5) is 5.69 Å². The van der Waals surface area contributed by atoms with Gasteiger partial charge in [0.15, 0.2) is 6.61 Å². The van der Waals surface area contributed by atoms with E-state index in [9.17, 15) is 9.59 Å². The summed E-state index contributed by atoms with van der Waals surface area (Å²) in [5.74, 6) is 0.0958. The first-order valence-electron chi connectivity index (χ1n) is 11.2. The number of ether oxygens (including phenoxy) is 2. The van der Waals surface area contributed by atoms with Crippen molar-refractivity contribution < 1.29 is 19.1 Å². The van der Waals surface area contributed by atoms with E-state index in [0.29, 0.717) is 30.0 Å². The Labute approximate surface area is 193 Å². The van der Waals surface area contributed by atoms with Gasteiger partial charge in [0.25, 0.3) is 11.8 Å². The Morgan fingerprint density at radius 1 is 0.939 bits per heavy atom. The van der Waals surface area contributed by atoms with Gasteiger partial charge in [-0.1, -0.05) is 60.7 Å². The Balaban J connectivity index is 1.35. The summed E-state index contributed by atoms with van der Waals surface area (Å²) in [6.07, 6.45) is 2.73. The maximum Gasteiger partial charge on any atom is 0.262 e. The summed E-state index contributed by atoms with van der Waals surface area (Å²) < 4.78 is 11.4. The molecule has 3 aromatic rings. The molecule has 33 heavy (non-hydrogen) atoms. The largest absolute Gasteiger partial charge is 0.483 e. The summed E-state index contributed by atoms with van der Waals surface area (Å²) in [4.78, 5) is 25.3. The molecule has 1 aliphatic rings. The van der Waals surface area contributed by atoms with Gasteiger partial charge >= 0.3 is 0 Å². The van der Waals surface area contributed by atoms with E-state index in [-0.39, 0.29) is 24.5 Å². The number of benzene rings is 3. The van der Waals surface area contributed by atoms with Crippen molar-refractivity contribution in [3.05, 3.63) is 95.6 Å². The number of anilines is 1. The summed E-state index contributed by atoms with van der Waals surface area (Å²) in [6, 6.07) is 24.7. The van der Waals surface area contributed by atoms with Gasteiger partial charge in [0.05, 0.1) is 17.4 Å². The Morgan fingerprint density at radius 2 is 1.70 bits per heavy atom. The van der Waals surface area contributed by atoms with Crippen LogP contribution in [0.5, 0.6) is 5.75 Å². The first-order valence-corrected chi connectivity index (χ1v) is 11.2. The normalized spacial score (nSPS) is 15.1. The lowest BCUT2D eigenvalue weighted by atomic mass is 10.0. The van der Waals surface area contributed by atoms with E-state index in [1.54, 1.807) is 24.3 Å². The molecule has 0 radical (unpaired) electrons. The highest BCUT2D eigenvalue weighted by Gasteiger charge is 2.18. The van der Waals surface area contributed by atoms with Crippen molar-refractivity contribution in [2.75, 3.05) is 25.1 Å². The highest BCUT2D eigenvalue weighted by Crippen LogP contribution is 2.22. The predicted molar refractivity (Wildman–Crippen MR) is 128 cm³/mol. The Hall–Kier alpha value is -3.64. The molecule has 1 heterocycles. The van der Waals surface area contributed by atoms with Gasteiger partial charge < -0.3 is 20.1 Å². The van der Waals surface area contributed by atoms with E-state index in [1.807, 2.05) is 42.5 Å². The lowest BCUT2D eigenvalue weighted by Gasteiger charge is -2.15. The molecule has 1 atom stereocenters. The molecule has 0 unspecified atom stereocenters. The molecule has 0 aromatic heterocycles. The van der Waals surface area contributed by atoms with Crippen LogP contribution in [0.2, 0.25) is 0 Å². The minimum atomic E-state index is -0.330. The second-order valence-corrected chi connectivity index (χ2v) is 8.00. The maximum absolute atomic E-state index is 12.7. The van der Waals surface area contributed by atoms with Crippen molar-refractivity contribution in [3.63, 3.8) is 0 Å². The van der Waals surface area contributed by atoms with Crippen LogP contribution in [0.25, 0.3) is 0 Å². The standard InChI is InChI=1S/C27H28N2O4/c30-26(19-33-25-15-7-4-11-21(25)17-20-9-2-1-3-10-20)29-24-14-6-5-13-23(24)27(31)28-18-22-12-8-16-32-22/h1-7,9-11,13-15,22H,8,12,16-19H2,(H,28,31)(H,29,30)/t22-/m0/s1. The van der Waals surface area contributed by atoms with Gasteiger partial charge in [0.2, 0.25) is 0 Å². The third-order valence-electron chi connectivity index (χ3n) is 5.53. The molecule has 3 aromatic carbocycles. The van der Waals surface area contributed by atoms with Crippen molar-refractivity contribution in [3.8, 4) is 5.75 Å². The van der Waals surface area contributed by atoms with Crippen molar-refractivity contribution in [1.82, 2.24) is 5.32 Å². The van der Waals surface area contributed by atoms with Gasteiger partial charge in [-0.2, -0.15) is 0 Å². The van der Waals surface area contributed by atoms with E-state index in [4.69, 9.17) is 9.47 Å². The molecule has 2 amide bonds. The molecular weight excluding hydrogens is 416 g/mol. The van der Waals surface area contributed by atoms with Crippen LogP contribution < -0.4 is 15.4 Å². The van der Waals surface area contributed by atoms with E-state index < -0.39 is 0 Å². The minimum Gasteiger partial charge on any atom is -0.483 e. The lowest BCUT2D eigenvalue weighted by molar-refractivity contribution is -0.118. The monoisotopic (exact) mass is 444 g/mol. The fraction of sp³-hybridized carbons (Fsp3) is 0.259. The van der Waals surface area contributed by atoms with Crippen LogP contribution in [0.15, 0.2) is 78.9 Å². The fourth-order valence-electron chi connectivity index (χ4n) is 3.83. The zero-order valence-corrected chi connectivity index (χ0v) is 18.5. The molecule has 0 bridgehead atoms.